The Hall–Kier alpha value is -2.49. The molecule has 1 N–H and O–H groups in total. The smallest absolute Gasteiger partial charge is 0.260 e. The SMILES string of the molecule is COc1cccc(O[C@@H](C)C(=O)NCCCc2ccc(C(C)C)cc2)c1. The Balaban J connectivity index is 1.72. The van der Waals surface area contributed by atoms with E-state index >= 15 is 0 Å². The van der Waals surface area contributed by atoms with Crippen LogP contribution in [-0.2, 0) is 11.2 Å². The van der Waals surface area contributed by atoms with E-state index in [0.717, 1.165) is 12.8 Å². The number of carbonyl (C=O) groups is 1. The molecule has 0 radical (unpaired) electrons. The number of hydrogen-bond donors (Lipinski definition) is 1. The molecule has 1 atom stereocenters. The van der Waals surface area contributed by atoms with Crippen molar-refractivity contribution in [3.8, 4) is 11.5 Å². The van der Waals surface area contributed by atoms with Crippen LogP contribution in [0, 0.1) is 0 Å². The van der Waals surface area contributed by atoms with Crippen LogP contribution in [0.1, 0.15) is 44.2 Å². The van der Waals surface area contributed by atoms with Gasteiger partial charge in [-0.05, 0) is 48.9 Å². The summed E-state index contributed by atoms with van der Waals surface area (Å²) in [5.41, 5.74) is 2.65. The summed E-state index contributed by atoms with van der Waals surface area (Å²) in [6.07, 6.45) is 1.30. The fourth-order valence-electron chi connectivity index (χ4n) is 2.65. The number of amides is 1. The van der Waals surface area contributed by atoms with Crippen molar-refractivity contribution in [3.05, 3.63) is 59.7 Å². The molecular formula is C22H29NO3. The minimum absolute atomic E-state index is 0.108. The van der Waals surface area contributed by atoms with Crippen molar-refractivity contribution >= 4 is 5.91 Å². The van der Waals surface area contributed by atoms with E-state index in [0.29, 0.717) is 24.0 Å². The number of benzene rings is 2. The maximum Gasteiger partial charge on any atom is 0.260 e. The van der Waals surface area contributed by atoms with E-state index in [4.69, 9.17) is 9.47 Å². The van der Waals surface area contributed by atoms with Gasteiger partial charge < -0.3 is 14.8 Å². The normalized spacial score (nSPS) is 11.9. The fourth-order valence-corrected chi connectivity index (χ4v) is 2.65. The van der Waals surface area contributed by atoms with E-state index in [1.807, 2.05) is 18.2 Å². The van der Waals surface area contributed by atoms with E-state index in [1.165, 1.54) is 11.1 Å². The van der Waals surface area contributed by atoms with Gasteiger partial charge in [-0.15, -0.1) is 0 Å². The molecule has 0 bridgehead atoms. The minimum Gasteiger partial charge on any atom is -0.497 e. The molecule has 0 heterocycles. The lowest BCUT2D eigenvalue weighted by atomic mass is 10.0. The summed E-state index contributed by atoms with van der Waals surface area (Å²) in [5.74, 6) is 1.77. The third kappa shape index (κ3) is 6.10. The molecule has 2 aromatic rings. The molecule has 0 aliphatic heterocycles. The van der Waals surface area contributed by atoms with Crippen LogP contribution < -0.4 is 14.8 Å². The molecule has 140 valence electrons. The molecule has 26 heavy (non-hydrogen) atoms. The van der Waals surface area contributed by atoms with Crippen molar-refractivity contribution < 1.29 is 14.3 Å². The van der Waals surface area contributed by atoms with Crippen LogP contribution in [0.25, 0.3) is 0 Å². The van der Waals surface area contributed by atoms with Crippen LogP contribution in [0.5, 0.6) is 11.5 Å². The highest BCUT2D eigenvalue weighted by molar-refractivity contribution is 5.80. The summed E-state index contributed by atoms with van der Waals surface area (Å²) in [5, 5.41) is 2.94. The summed E-state index contributed by atoms with van der Waals surface area (Å²) in [4.78, 5) is 12.2. The van der Waals surface area contributed by atoms with Crippen LogP contribution in [0.15, 0.2) is 48.5 Å². The molecule has 1 amide bonds. The second-order valence-electron chi connectivity index (χ2n) is 6.73. The molecule has 4 nitrogen and oxygen atoms in total. The maximum absolute atomic E-state index is 12.2. The Morgan fingerprint density at radius 3 is 2.38 bits per heavy atom. The van der Waals surface area contributed by atoms with Gasteiger partial charge >= 0.3 is 0 Å². The average molecular weight is 355 g/mol. The summed E-state index contributed by atoms with van der Waals surface area (Å²) in [6.45, 7) is 6.77. The third-order valence-electron chi connectivity index (χ3n) is 4.31. The Bertz CT molecular complexity index is 695. The van der Waals surface area contributed by atoms with Crippen LogP contribution in [0.2, 0.25) is 0 Å². The number of aryl methyl sites for hydroxylation is 1. The van der Waals surface area contributed by atoms with Crippen LogP contribution >= 0.6 is 0 Å². The van der Waals surface area contributed by atoms with Gasteiger partial charge in [-0.1, -0.05) is 44.2 Å². The van der Waals surface area contributed by atoms with Crippen molar-refractivity contribution in [2.75, 3.05) is 13.7 Å². The highest BCUT2D eigenvalue weighted by Gasteiger charge is 2.14. The monoisotopic (exact) mass is 355 g/mol. The van der Waals surface area contributed by atoms with Gasteiger partial charge in [-0.2, -0.15) is 0 Å². The highest BCUT2D eigenvalue weighted by Crippen LogP contribution is 2.20. The molecule has 0 saturated carbocycles. The van der Waals surface area contributed by atoms with Crippen molar-refractivity contribution in [2.24, 2.45) is 0 Å². The van der Waals surface area contributed by atoms with Crippen LogP contribution in [0.4, 0.5) is 0 Å². The lowest BCUT2D eigenvalue weighted by Gasteiger charge is -2.15. The third-order valence-corrected chi connectivity index (χ3v) is 4.31. The lowest BCUT2D eigenvalue weighted by molar-refractivity contribution is -0.127. The highest BCUT2D eigenvalue weighted by atomic mass is 16.5. The molecule has 4 heteroatoms. The number of nitrogens with one attached hydrogen (secondary N) is 1. The van der Waals surface area contributed by atoms with Gasteiger partial charge in [0.2, 0.25) is 0 Å². The first-order valence-corrected chi connectivity index (χ1v) is 9.17. The largest absolute Gasteiger partial charge is 0.497 e. The Morgan fingerprint density at radius 2 is 1.73 bits per heavy atom. The fraction of sp³-hybridized carbons (Fsp3) is 0.409. The van der Waals surface area contributed by atoms with Gasteiger partial charge in [0.05, 0.1) is 7.11 Å². The average Bonchev–Trinajstić information content (AvgIpc) is 2.65. The first-order chi connectivity index (χ1) is 12.5. The summed E-state index contributed by atoms with van der Waals surface area (Å²) < 4.78 is 10.8. The number of carbonyl (C=O) groups excluding carboxylic acids is 1. The van der Waals surface area contributed by atoms with Gasteiger partial charge in [0.1, 0.15) is 11.5 Å². The van der Waals surface area contributed by atoms with Gasteiger partial charge in [0.25, 0.3) is 5.91 Å². The zero-order valence-corrected chi connectivity index (χ0v) is 16.1. The van der Waals surface area contributed by atoms with Crippen molar-refractivity contribution in [1.82, 2.24) is 5.32 Å². The van der Waals surface area contributed by atoms with E-state index in [2.05, 4.69) is 43.4 Å². The van der Waals surface area contributed by atoms with Gasteiger partial charge in [0.15, 0.2) is 6.10 Å². The van der Waals surface area contributed by atoms with Gasteiger partial charge in [-0.3, -0.25) is 4.79 Å². The van der Waals surface area contributed by atoms with Crippen molar-refractivity contribution in [1.29, 1.82) is 0 Å². The van der Waals surface area contributed by atoms with Crippen LogP contribution in [0.3, 0.4) is 0 Å². The van der Waals surface area contributed by atoms with Crippen molar-refractivity contribution in [2.45, 2.75) is 45.6 Å². The standard InChI is InChI=1S/C22H29NO3/c1-16(2)19-12-10-18(11-13-19)7-6-14-23-22(24)17(3)26-21-9-5-8-20(15-21)25-4/h5,8-13,15-17H,6-7,14H2,1-4H3,(H,23,24)/t17-/m0/s1. The number of ether oxygens (including phenoxy) is 2. The van der Waals surface area contributed by atoms with E-state index in [-0.39, 0.29) is 5.91 Å². The molecule has 0 aromatic heterocycles. The second kappa shape index (κ2) is 9.85. The molecular weight excluding hydrogens is 326 g/mol. The maximum atomic E-state index is 12.2. The van der Waals surface area contributed by atoms with Crippen LogP contribution in [-0.4, -0.2) is 25.7 Å². The molecule has 0 fully saturated rings. The van der Waals surface area contributed by atoms with Gasteiger partial charge in [-0.25, -0.2) is 0 Å². The molecule has 0 aliphatic carbocycles. The molecule has 2 rings (SSSR count). The van der Waals surface area contributed by atoms with E-state index in [1.54, 1.807) is 20.1 Å². The minimum atomic E-state index is -0.549. The Morgan fingerprint density at radius 1 is 1.04 bits per heavy atom. The molecule has 0 saturated heterocycles. The lowest BCUT2D eigenvalue weighted by Crippen LogP contribution is -2.36. The number of methoxy groups -OCH3 is 1. The first-order valence-electron chi connectivity index (χ1n) is 9.17. The first kappa shape index (κ1) is 19.8. The predicted octanol–water partition coefficient (Wildman–Crippen LogP) is 4.33. The van der Waals surface area contributed by atoms with Crippen molar-refractivity contribution in [3.63, 3.8) is 0 Å². The summed E-state index contributed by atoms with van der Waals surface area (Å²) >= 11 is 0. The Kier molecular flexibility index (Phi) is 7.52. The zero-order valence-electron chi connectivity index (χ0n) is 16.1. The second-order valence-corrected chi connectivity index (χ2v) is 6.73. The number of hydrogen-bond acceptors (Lipinski definition) is 3. The zero-order chi connectivity index (χ0) is 18.9. The molecule has 0 aliphatic rings. The summed E-state index contributed by atoms with van der Waals surface area (Å²) in [7, 11) is 1.60. The predicted molar refractivity (Wildman–Crippen MR) is 105 cm³/mol. The molecule has 2 aromatic carbocycles. The Labute approximate surface area is 156 Å². The van der Waals surface area contributed by atoms with E-state index < -0.39 is 6.10 Å². The quantitative estimate of drug-likeness (QED) is 0.681. The molecule has 0 spiro atoms. The van der Waals surface area contributed by atoms with E-state index in [9.17, 15) is 4.79 Å². The summed E-state index contributed by atoms with van der Waals surface area (Å²) in [6, 6.07) is 16.0. The van der Waals surface area contributed by atoms with Gasteiger partial charge in [0, 0.05) is 12.6 Å². The number of rotatable bonds is 9. The topological polar surface area (TPSA) is 47.6 Å². The molecule has 0 unspecified atom stereocenters.